The van der Waals surface area contributed by atoms with E-state index in [1.807, 2.05) is 18.2 Å². The summed E-state index contributed by atoms with van der Waals surface area (Å²) in [5.74, 6) is 0. The summed E-state index contributed by atoms with van der Waals surface area (Å²) < 4.78 is 0. The lowest BCUT2D eigenvalue weighted by Gasteiger charge is -2.29. The van der Waals surface area contributed by atoms with Gasteiger partial charge >= 0.3 is 0 Å². The van der Waals surface area contributed by atoms with Gasteiger partial charge < -0.3 is 10.2 Å². The van der Waals surface area contributed by atoms with Gasteiger partial charge in [0.25, 0.3) is 0 Å². The van der Waals surface area contributed by atoms with Crippen molar-refractivity contribution < 1.29 is 0 Å². The van der Waals surface area contributed by atoms with Crippen LogP contribution in [0, 0.1) is 0 Å². The van der Waals surface area contributed by atoms with Crippen molar-refractivity contribution in [3.05, 3.63) is 34.9 Å². The second-order valence-electron chi connectivity index (χ2n) is 4.96. The third-order valence-corrected chi connectivity index (χ3v) is 3.58. The van der Waals surface area contributed by atoms with Crippen LogP contribution in [0.3, 0.4) is 0 Å². The van der Waals surface area contributed by atoms with Crippen molar-refractivity contribution >= 4 is 36.4 Å². The van der Waals surface area contributed by atoms with Gasteiger partial charge in [-0.15, -0.1) is 24.8 Å². The zero-order valence-electron chi connectivity index (χ0n) is 11.8. The summed E-state index contributed by atoms with van der Waals surface area (Å²) in [5.41, 5.74) is 1.28. The SMILES string of the molecule is CN(CCN1CCNCC1)Cc1cccc(Cl)c1.Cl.Cl. The molecule has 0 aliphatic carbocycles. The number of halogens is 3. The quantitative estimate of drug-likeness (QED) is 0.888. The van der Waals surface area contributed by atoms with Crippen LogP contribution in [0.4, 0.5) is 0 Å². The minimum Gasteiger partial charge on any atom is -0.314 e. The maximum absolute atomic E-state index is 5.99. The van der Waals surface area contributed by atoms with E-state index in [1.54, 1.807) is 0 Å². The lowest BCUT2D eigenvalue weighted by molar-refractivity contribution is 0.202. The molecule has 6 heteroatoms. The highest BCUT2D eigenvalue weighted by Gasteiger charge is 2.10. The van der Waals surface area contributed by atoms with Crippen molar-refractivity contribution in [2.24, 2.45) is 0 Å². The topological polar surface area (TPSA) is 18.5 Å². The van der Waals surface area contributed by atoms with Crippen LogP contribution in [0.2, 0.25) is 5.02 Å². The van der Waals surface area contributed by atoms with Crippen molar-refractivity contribution in [1.29, 1.82) is 0 Å². The molecule has 0 radical (unpaired) electrons. The molecule has 1 fully saturated rings. The Hall–Kier alpha value is -0.0300. The van der Waals surface area contributed by atoms with Crippen LogP contribution in [0.5, 0.6) is 0 Å². The fourth-order valence-electron chi connectivity index (χ4n) is 2.27. The summed E-state index contributed by atoms with van der Waals surface area (Å²) in [6, 6.07) is 8.11. The van der Waals surface area contributed by atoms with Gasteiger partial charge in [0, 0.05) is 50.8 Å². The molecule has 0 bridgehead atoms. The maximum atomic E-state index is 5.99. The highest BCUT2D eigenvalue weighted by Crippen LogP contribution is 2.12. The summed E-state index contributed by atoms with van der Waals surface area (Å²) in [5, 5.41) is 4.20. The van der Waals surface area contributed by atoms with Crippen LogP contribution in [0.25, 0.3) is 0 Å². The second kappa shape index (κ2) is 10.7. The predicted octanol–water partition coefficient (Wildman–Crippen LogP) is 2.52. The van der Waals surface area contributed by atoms with Crippen molar-refractivity contribution in [2.45, 2.75) is 6.54 Å². The summed E-state index contributed by atoms with van der Waals surface area (Å²) >= 11 is 5.99. The Morgan fingerprint density at radius 3 is 2.60 bits per heavy atom. The fraction of sp³-hybridized carbons (Fsp3) is 0.571. The summed E-state index contributed by atoms with van der Waals surface area (Å²) in [4.78, 5) is 4.87. The van der Waals surface area contributed by atoms with Gasteiger partial charge in [-0.3, -0.25) is 4.90 Å². The number of rotatable bonds is 5. The second-order valence-corrected chi connectivity index (χ2v) is 5.40. The molecule has 116 valence electrons. The standard InChI is InChI=1S/C14H22ClN3.2ClH/c1-17(9-10-18-7-5-16-6-8-18)12-13-3-2-4-14(15)11-13;;/h2-4,11,16H,5-10,12H2,1H3;2*1H. The molecule has 1 aromatic carbocycles. The average Bonchev–Trinajstić information content (AvgIpc) is 2.38. The molecule has 0 aromatic heterocycles. The predicted molar refractivity (Wildman–Crippen MR) is 91.6 cm³/mol. The lowest BCUT2D eigenvalue weighted by atomic mass is 10.2. The first kappa shape index (κ1) is 20.0. The van der Waals surface area contributed by atoms with Crippen molar-refractivity contribution in [3.63, 3.8) is 0 Å². The van der Waals surface area contributed by atoms with E-state index in [0.29, 0.717) is 0 Å². The van der Waals surface area contributed by atoms with Gasteiger partial charge in [-0.05, 0) is 24.7 Å². The minimum atomic E-state index is 0. The number of hydrogen-bond donors (Lipinski definition) is 1. The van der Waals surface area contributed by atoms with Crippen LogP contribution in [-0.2, 0) is 6.54 Å². The molecule has 2 rings (SSSR count). The summed E-state index contributed by atoms with van der Waals surface area (Å²) in [6.07, 6.45) is 0. The molecule has 0 saturated carbocycles. The number of hydrogen-bond acceptors (Lipinski definition) is 3. The fourth-order valence-corrected chi connectivity index (χ4v) is 2.49. The van der Waals surface area contributed by atoms with E-state index < -0.39 is 0 Å². The van der Waals surface area contributed by atoms with Gasteiger partial charge in [0.05, 0.1) is 0 Å². The largest absolute Gasteiger partial charge is 0.314 e. The zero-order chi connectivity index (χ0) is 12.8. The van der Waals surface area contributed by atoms with Crippen molar-refractivity contribution in [1.82, 2.24) is 15.1 Å². The number of nitrogens with zero attached hydrogens (tertiary/aromatic N) is 2. The molecule has 1 saturated heterocycles. The third kappa shape index (κ3) is 7.11. The van der Waals surface area contributed by atoms with Gasteiger partial charge in [0.1, 0.15) is 0 Å². The third-order valence-electron chi connectivity index (χ3n) is 3.35. The van der Waals surface area contributed by atoms with E-state index in [1.165, 1.54) is 18.7 Å². The normalized spacial score (nSPS) is 15.6. The Labute approximate surface area is 139 Å². The van der Waals surface area contributed by atoms with E-state index in [-0.39, 0.29) is 24.8 Å². The van der Waals surface area contributed by atoms with E-state index in [4.69, 9.17) is 11.6 Å². The monoisotopic (exact) mass is 339 g/mol. The highest BCUT2D eigenvalue weighted by atomic mass is 35.5. The average molecular weight is 341 g/mol. The summed E-state index contributed by atoms with van der Waals surface area (Å²) in [7, 11) is 2.17. The molecule has 0 atom stereocenters. The number of likely N-dealkylation sites (N-methyl/N-ethyl adjacent to an activating group) is 1. The van der Waals surface area contributed by atoms with Crippen LogP contribution in [0.1, 0.15) is 5.56 Å². The smallest absolute Gasteiger partial charge is 0.0409 e. The van der Waals surface area contributed by atoms with Crippen LogP contribution < -0.4 is 5.32 Å². The van der Waals surface area contributed by atoms with E-state index in [9.17, 15) is 0 Å². The first-order valence-electron chi connectivity index (χ1n) is 6.60. The van der Waals surface area contributed by atoms with E-state index >= 15 is 0 Å². The molecular formula is C14H24Cl3N3. The highest BCUT2D eigenvalue weighted by molar-refractivity contribution is 6.30. The molecular weight excluding hydrogens is 317 g/mol. The Bertz CT molecular complexity index is 370. The molecule has 20 heavy (non-hydrogen) atoms. The molecule has 1 aliphatic rings. The minimum absolute atomic E-state index is 0. The van der Waals surface area contributed by atoms with Gasteiger partial charge in [-0.25, -0.2) is 0 Å². The molecule has 0 amide bonds. The van der Waals surface area contributed by atoms with Gasteiger partial charge in [-0.2, -0.15) is 0 Å². The number of piperazine rings is 1. The zero-order valence-corrected chi connectivity index (χ0v) is 14.2. The molecule has 1 aliphatic heterocycles. The Morgan fingerprint density at radius 2 is 1.95 bits per heavy atom. The van der Waals surface area contributed by atoms with Crippen LogP contribution in [-0.4, -0.2) is 56.1 Å². The Kier molecular flexibility index (Phi) is 10.6. The number of benzene rings is 1. The Morgan fingerprint density at radius 1 is 1.25 bits per heavy atom. The van der Waals surface area contributed by atoms with Crippen LogP contribution >= 0.6 is 36.4 Å². The van der Waals surface area contributed by atoms with Crippen LogP contribution in [0.15, 0.2) is 24.3 Å². The van der Waals surface area contributed by atoms with Crippen molar-refractivity contribution in [2.75, 3.05) is 46.3 Å². The number of nitrogens with one attached hydrogen (secondary N) is 1. The van der Waals surface area contributed by atoms with Crippen molar-refractivity contribution in [3.8, 4) is 0 Å². The molecule has 0 spiro atoms. The molecule has 3 nitrogen and oxygen atoms in total. The summed E-state index contributed by atoms with van der Waals surface area (Å²) in [6.45, 7) is 7.81. The molecule has 1 heterocycles. The molecule has 1 N–H and O–H groups in total. The lowest BCUT2D eigenvalue weighted by Crippen LogP contribution is -2.45. The molecule has 1 aromatic rings. The Balaban J connectivity index is 0.00000180. The van der Waals surface area contributed by atoms with Gasteiger partial charge in [0.15, 0.2) is 0 Å². The van der Waals surface area contributed by atoms with Gasteiger partial charge in [0.2, 0.25) is 0 Å². The first-order valence-corrected chi connectivity index (χ1v) is 6.98. The van der Waals surface area contributed by atoms with Gasteiger partial charge in [-0.1, -0.05) is 23.7 Å². The first-order chi connectivity index (χ1) is 8.74. The van der Waals surface area contributed by atoms with E-state index in [0.717, 1.165) is 37.7 Å². The molecule has 0 unspecified atom stereocenters. The maximum Gasteiger partial charge on any atom is 0.0409 e. The van der Waals surface area contributed by atoms with E-state index in [2.05, 4.69) is 28.2 Å².